The van der Waals surface area contributed by atoms with Crippen molar-refractivity contribution in [2.45, 2.75) is 13.5 Å². The van der Waals surface area contributed by atoms with Gasteiger partial charge in [-0.3, -0.25) is 19.7 Å². The molecule has 0 bridgehead atoms. The predicted octanol–water partition coefficient (Wildman–Crippen LogP) is 3.89. The number of nitro groups is 1. The molecule has 0 unspecified atom stereocenters. The Morgan fingerprint density at radius 3 is 2.80 bits per heavy atom. The van der Waals surface area contributed by atoms with Crippen LogP contribution in [-0.2, 0) is 20.9 Å². The number of aryl methyl sites for hydroxylation is 1. The number of hydrogen-bond donors (Lipinski definition) is 0. The molecule has 0 aliphatic carbocycles. The van der Waals surface area contributed by atoms with Gasteiger partial charge in [0.15, 0.2) is 4.80 Å². The summed E-state index contributed by atoms with van der Waals surface area (Å²) >= 11 is 7.46. The van der Waals surface area contributed by atoms with Gasteiger partial charge < -0.3 is 9.30 Å². The maximum Gasteiger partial charge on any atom is 0.325 e. The molecule has 10 heteroatoms. The lowest BCUT2D eigenvalue weighted by molar-refractivity contribution is -0.384. The number of nitro benzene ring substituents is 1. The Morgan fingerprint density at radius 2 is 2.10 bits per heavy atom. The van der Waals surface area contributed by atoms with Gasteiger partial charge in [0, 0.05) is 23.2 Å². The van der Waals surface area contributed by atoms with E-state index in [2.05, 4.69) is 4.99 Å². The number of benzene rings is 2. The number of halogens is 1. The Balaban J connectivity index is 2.02. The molecule has 0 fully saturated rings. The van der Waals surface area contributed by atoms with E-state index in [9.17, 15) is 19.7 Å². The second-order valence-corrected chi connectivity index (χ2v) is 7.62. The van der Waals surface area contributed by atoms with Gasteiger partial charge in [-0.15, -0.1) is 0 Å². The van der Waals surface area contributed by atoms with E-state index in [0.29, 0.717) is 20.9 Å². The monoisotopic (exact) mass is 445 g/mol. The Kier molecular flexibility index (Phi) is 6.43. The first-order valence-corrected chi connectivity index (χ1v) is 9.86. The number of methoxy groups -OCH3 is 1. The molecule has 0 aliphatic heterocycles. The molecule has 0 spiro atoms. The van der Waals surface area contributed by atoms with Gasteiger partial charge in [-0.1, -0.05) is 35.1 Å². The van der Waals surface area contributed by atoms with Gasteiger partial charge in [-0.05, 0) is 36.3 Å². The number of ether oxygens (including phenoxy) is 1. The molecule has 8 nitrogen and oxygen atoms in total. The lowest BCUT2D eigenvalue weighted by atomic mass is 10.2. The number of carbonyl (C=O) groups is 2. The highest BCUT2D eigenvalue weighted by atomic mass is 35.5. The fraction of sp³-hybridized carbons (Fsp3) is 0.150. The Hall–Kier alpha value is -3.30. The predicted molar refractivity (Wildman–Crippen MR) is 114 cm³/mol. The zero-order valence-corrected chi connectivity index (χ0v) is 17.6. The van der Waals surface area contributed by atoms with E-state index in [1.165, 1.54) is 48.8 Å². The fourth-order valence-corrected chi connectivity index (χ4v) is 4.03. The molecule has 1 amide bonds. The number of non-ortho nitro benzene ring substituents is 1. The summed E-state index contributed by atoms with van der Waals surface area (Å²) in [4.78, 5) is 39.1. The van der Waals surface area contributed by atoms with Crippen molar-refractivity contribution in [2.24, 2.45) is 4.99 Å². The van der Waals surface area contributed by atoms with E-state index in [1.807, 2.05) is 6.92 Å². The van der Waals surface area contributed by atoms with Crippen LogP contribution in [0.3, 0.4) is 0 Å². The molecule has 0 atom stereocenters. The highest BCUT2D eigenvalue weighted by molar-refractivity contribution is 7.16. The maximum atomic E-state index is 12.4. The Morgan fingerprint density at radius 1 is 1.33 bits per heavy atom. The number of esters is 1. The van der Waals surface area contributed by atoms with Crippen LogP contribution in [-0.4, -0.2) is 28.5 Å². The SMILES string of the molecule is COC(=O)Cn1c(=NC(=O)C=Cc2cccc([N+](=O)[O-])c2)sc2ccc(Cl)c(C)c21. The zero-order chi connectivity index (χ0) is 21.8. The molecule has 30 heavy (non-hydrogen) atoms. The summed E-state index contributed by atoms with van der Waals surface area (Å²) in [5, 5.41) is 11.4. The molecule has 0 saturated heterocycles. The lowest BCUT2D eigenvalue weighted by Gasteiger charge is -2.06. The van der Waals surface area contributed by atoms with Gasteiger partial charge in [-0.2, -0.15) is 4.99 Å². The largest absolute Gasteiger partial charge is 0.468 e. The third-order valence-electron chi connectivity index (χ3n) is 4.25. The number of carbonyl (C=O) groups excluding carboxylic acids is 2. The van der Waals surface area contributed by atoms with Crippen molar-refractivity contribution in [1.82, 2.24) is 4.57 Å². The first kappa shape index (κ1) is 21.4. The van der Waals surface area contributed by atoms with Crippen LogP contribution in [0.2, 0.25) is 5.02 Å². The van der Waals surface area contributed by atoms with Crippen molar-refractivity contribution in [3.05, 3.63) is 73.5 Å². The van der Waals surface area contributed by atoms with Crippen LogP contribution in [0.25, 0.3) is 16.3 Å². The molecule has 2 aromatic carbocycles. The molecule has 0 aliphatic rings. The van der Waals surface area contributed by atoms with E-state index in [0.717, 1.165) is 10.3 Å². The number of fused-ring (bicyclic) bond motifs is 1. The Labute approximate surface area is 179 Å². The van der Waals surface area contributed by atoms with Crippen molar-refractivity contribution in [3.63, 3.8) is 0 Å². The number of hydrogen-bond acceptors (Lipinski definition) is 6. The zero-order valence-electron chi connectivity index (χ0n) is 16.0. The van der Waals surface area contributed by atoms with Crippen molar-refractivity contribution in [1.29, 1.82) is 0 Å². The lowest BCUT2D eigenvalue weighted by Crippen LogP contribution is -2.22. The number of thiazole rings is 1. The maximum absolute atomic E-state index is 12.4. The number of nitrogens with zero attached hydrogens (tertiary/aromatic N) is 3. The van der Waals surface area contributed by atoms with E-state index in [1.54, 1.807) is 22.8 Å². The van der Waals surface area contributed by atoms with Crippen LogP contribution in [0.4, 0.5) is 5.69 Å². The molecule has 1 aromatic heterocycles. The van der Waals surface area contributed by atoms with Gasteiger partial charge in [0.05, 0.1) is 22.2 Å². The van der Waals surface area contributed by atoms with Crippen LogP contribution in [0.1, 0.15) is 11.1 Å². The van der Waals surface area contributed by atoms with Crippen molar-refractivity contribution < 1.29 is 19.2 Å². The van der Waals surface area contributed by atoms with E-state index >= 15 is 0 Å². The summed E-state index contributed by atoms with van der Waals surface area (Å²) in [5.41, 5.74) is 1.88. The summed E-state index contributed by atoms with van der Waals surface area (Å²) in [6.45, 7) is 1.69. The highest BCUT2D eigenvalue weighted by Crippen LogP contribution is 2.27. The van der Waals surface area contributed by atoms with Crippen LogP contribution in [0.5, 0.6) is 0 Å². The smallest absolute Gasteiger partial charge is 0.325 e. The minimum atomic E-state index is -0.574. The minimum Gasteiger partial charge on any atom is -0.468 e. The quantitative estimate of drug-likeness (QED) is 0.256. The third kappa shape index (κ3) is 4.64. The van der Waals surface area contributed by atoms with Gasteiger partial charge >= 0.3 is 5.97 Å². The molecular weight excluding hydrogens is 430 g/mol. The first-order valence-electron chi connectivity index (χ1n) is 8.66. The second kappa shape index (κ2) is 9.02. The fourth-order valence-electron chi connectivity index (χ4n) is 2.78. The van der Waals surface area contributed by atoms with Crippen LogP contribution in [0.15, 0.2) is 47.5 Å². The summed E-state index contributed by atoms with van der Waals surface area (Å²) in [7, 11) is 1.28. The van der Waals surface area contributed by atoms with Crippen molar-refractivity contribution in [2.75, 3.05) is 7.11 Å². The van der Waals surface area contributed by atoms with E-state index < -0.39 is 16.8 Å². The van der Waals surface area contributed by atoms with Crippen LogP contribution < -0.4 is 4.80 Å². The van der Waals surface area contributed by atoms with Gasteiger partial charge in [0.1, 0.15) is 6.54 Å². The molecule has 1 heterocycles. The van der Waals surface area contributed by atoms with Crippen molar-refractivity contribution in [3.8, 4) is 0 Å². The molecule has 0 radical (unpaired) electrons. The molecule has 0 N–H and O–H groups in total. The molecular formula is C20H16ClN3O5S. The average Bonchev–Trinajstić information content (AvgIpc) is 3.06. The molecule has 154 valence electrons. The molecule has 0 saturated carbocycles. The number of amides is 1. The number of aromatic nitrogens is 1. The summed E-state index contributed by atoms with van der Waals surface area (Å²) in [6, 6.07) is 9.43. The topological polar surface area (TPSA) is 104 Å². The standard InChI is InChI=1S/C20H16ClN3O5S/c1-12-15(21)7-8-16-19(12)23(11-18(26)29-2)20(30-16)22-17(25)9-6-13-4-3-5-14(10-13)24(27)28/h3-10H,11H2,1-2H3. The van der Waals surface area contributed by atoms with Gasteiger partial charge in [-0.25, -0.2) is 0 Å². The average molecular weight is 446 g/mol. The second-order valence-electron chi connectivity index (χ2n) is 6.20. The Bertz CT molecular complexity index is 1260. The van der Waals surface area contributed by atoms with E-state index in [-0.39, 0.29) is 12.2 Å². The summed E-state index contributed by atoms with van der Waals surface area (Å²) in [5.74, 6) is -1.06. The van der Waals surface area contributed by atoms with Crippen LogP contribution in [0, 0.1) is 17.0 Å². The van der Waals surface area contributed by atoms with Gasteiger partial charge in [0.25, 0.3) is 11.6 Å². The van der Waals surface area contributed by atoms with Gasteiger partial charge in [0.2, 0.25) is 0 Å². The summed E-state index contributed by atoms with van der Waals surface area (Å²) in [6.07, 6.45) is 2.66. The van der Waals surface area contributed by atoms with Crippen molar-refractivity contribution >= 4 is 56.8 Å². The molecule has 3 rings (SSSR count). The highest BCUT2D eigenvalue weighted by Gasteiger charge is 2.14. The third-order valence-corrected chi connectivity index (χ3v) is 5.70. The van der Waals surface area contributed by atoms with E-state index in [4.69, 9.17) is 16.3 Å². The normalized spacial score (nSPS) is 11.9. The molecule has 3 aromatic rings. The first-order chi connectivity index (χ1) is 14.3. The number of rotatable bonds is 5. The van der Waals surface area contributed by atoms with Crippen LogP contribution >= 0.6 is 22.9 Å². The minimum absolute atomic E-state index is 0.0747. The summed E-state index contributed by atoms with van der Waals surface area (Å²) < 4.78 is 7.16.